The Morgan fingerprint density at radius 1 is 0.441 bits per heavy atom. The van der Waals surface area contributed by atoms with Crippen LogP contribution in [-0.4, -0.2) is 37.7 Å². The van der Waals surface area contributed by atoms with Gasteiger partial charge in [0, 0.05) is 0 Å². The standard InChI is InChI=1S/C28H52O6/c1-22(2)16-10-7-13-19-32-26(29)25(27(30)33-20-14-8-11-17-23(3)4)28(31)34-21-15-9-12-18-24(5)6/h22-25H,7-21H2,1-6H3. The van der Waals surface area contributed by atoms with Crippen LogP contribution in [0, 0.1) is 23.7 Å². The third-order valence-electron chi connectivity index (χ3n) is 5.72. The molecule has 0 radical (unpaired) electrons. The Kier molecular flexibility index (Phi) is 19.8. The van der Waals surface area contributed by atoms with Gasteiger partial charge in [0.25, 0.3) is 5.92 Å². The van der Waals surface area contributed by atoms with Crippen molar-refractivity contribution < 1.29 is 28.6 Å². The Balaban J connectivity index is 4.57. The van der Waals surface area contributed by atoms with E-state index in [0.717, 1.165) is 57.8 Å². The molecule has 0 rings (SSSR count). The summed E-state index contributed by atoms with van der Waals surface area (Å²) in [5, 5.41) is 0. The molecule has 6 heteroatoms. The van der Waals surface area contributed by atoms with Crippen LogP contribution in [0.5, 0.6) is 0 Å². The lowest BCUT2D eigenvalue weighted by molar-refractivity contribution is -0.172. The van der Waals surface area contributed by atoms with Gasteiger partial charge in [-0.15, -0.1) is 0 Å². The average Bonchev–Trinajstić information content (AvgIpc) is 2.75. The van der Waals surface area contributed by atoms with Crippen molar-refractivity contribution in [2.24, 2.45) is 23.7 Å². The summed E-state index contributed by atoms with van der Waals surface area (Å²) in [6, 6.07) is 0. The molecule has 0 aliphatic heterocycles. The summed E-state index contributed by atoms with van der Waals surface area (Å²) in [4.78, 5) is 37.7. The van der Waals surface area contributed by atoms with Gasteiger partial charge in [0.2, 0.25) is 0 Å². The molecule has 6 nitrogen and oxygen atoms in total. The van der Waals surface area contributed by atoms with Crippen molar-refractivity contribution in [3.63, 3.8) is 0 Å². The van der Waals surface area contributed by atoms with Gasteiger partial charge in [-0.05, 0) is 37.0 Å². The van der Waals surface area contributed by atoms with E-state index in [4.69, 9.17) is 14.2 Å². The van der Waals surface area contributed by atoms with Gasteiger partial charge in [-0.25, -0.2) is 0 Å². The smallest absolute Gasteiger partial charge is 0.331 e. The van der Waals surface area contributed by atoms with E-state index in [-0.39, 0.29) is 19.8 Å². The number of ether oxygens (including phenoxy) is 3. The Morgan fingerprint density at radius 2 is 0.706 bits per heavy atom. The van der Waals surface area contributed by atoms with Crippen LogP contribution in [0.4, 0.5) is 0 Å². The van der Waals surface area contributed by atoms with Crippen LogP contribution < -0.4 is 0 Å². The van der Waals surface area contributed by atoms with Gasteiger partial charge in [0.1, 0.15) is 0 Å². The van der Waals surface area contributed by atoms with Crippen molar-refractivity contribution in [2.75, 3.05) is 19.8 Å². The minimum atomic E-state index is -1.65. The third kappa shape index (κ3) is 18.8. The minimum Gasteiger partial charge on any atom is -0.465 e. The van der Waals surface area contributed by atoms with E-state index < -0.39 is 23.8 Å². The van der Waals surface area contributed by atoms with Gasteiger partial charge in [0.15, 0.2) is 0 Å². The molecule has 0 aromatic carbocycles. The largest absolute Gasteiger partial charge is 0.465 e. The van der Waals surface area contributed by atoms with Gasteiger partial charge in [-0.3, -0.25) is 14.4 Å². The topological polar surface area (TPSA) is 78.9 Å². The summed E-state index contributed by atoms with van der Waals surface area (Å²) >= 11 is 0. The molecule has 0 saturated heterocycles. The van der Waals surface area contributed by atoms with Crippen LogP contribution in [-0.2, 0) is 28.6 Å². The molecular weight excluding hydrogens is 432 g/mol. The number of carbonyl (C=O) groups is 3. The molecule has 200 valence electrons. The molecule has 0 spiro atoms. The molecule has 0 N–H and O–H groups in total. The summed E-state index contributed by atoms with van der Waals surface area (Å²) in [6.45, 7) is 13.6. The summed E-state index contributed by atoms with van der Waals surface area (Å²) in [5.41, 5.74) is 0. The van der Waals surface area contributed by atoms with E-state index in [2.05, 4.69) is 41.5 Å². The molecule has 0 aliphatic rings. The summed E-state index contributed by atoms with van der Waals surface area (Å²) in [5.74, 6) is -2.30. The molecule has 0 fully saturated rings. The molecule has 0 heterocycles. The van der Waals surface area contributed by atoms with Gasteiger partial charge >= 0.3 is 17.9 Å². The lowest BCUT2D eigenvalue weighted by Gasteiger charge is -2.15. The van der Waals surface area contributed by atoms with Crippen molar-refractivity contribution in [1.82, 2.24) is 0 Å². The highest BCUT2D eigenvalue weighted by Crippen LogP contribution is 2.13. The van der Waals surface area contributed by atoms with Gasteiger partial charge in [0.05, 0.1) is 19.8 Å². The number of rotatable bonds is 21. The van der Waals surface area contributed by atoms with Crippen LogP contribution in [0.15, 0.2) is 0 Å². The van der Waals surface area contributed by atoms with E-state index in [0.29, 0.717) is 37.0 Å². The average molecular weight is 485 g/mol. The fourth-order valence-corrected chi connectivity index (χ4v) is 3.55. The van der Waals surface area contributed by atoms with Crippen LogP contribution in [0.1, 0.15) is 119 Å². The van der Waals surface area contributed by atoms with Crippen molar-refractivity contribution in [3.8, 4) is 0 Å². The number of unbranched alkanes of at least 4 members (excludes halogenated alkanes) is 6. The first-order chi connectivity index (χ1) is 16.1. The Bertz CT molecular complexity index is 465. The normalized spacial score (nSPS) is 11.5. The van der Waals surface area contributed by atoms with Gasteiger partial charge < -0.3 is 14.2 Å². The number of carbonyl (C=O) groups excluding carboxylic acids is 3. The number of hydrogen-bond donors (Lipinski definition) is 0. The molecule has 0 atom stereocenters. The van der Waals surface area contributed by atoms with E-state index in [9.17, 15) is 14.4 Å². The first-order valence-corrected chi connectivity index (χ1v) is 13.6. The molecule has 0 aromatic rings. The molecule has 0 saturated carbocycles. The highest BCUT2D eigenvalue weighted by molar-refractivity contribution is 6.12. The molecule has 34 heavy (non-hydrogen) atoms. The Hall–Kier alpha value is -1.59. The maximum atomic E-state index is 12.6. The second-order valence-corrected chi connectivity index (χ2v) is 10.7. The zero-order valence-electron chi connectivity index (χ0n) is 22.9. The maximum Gasteiger partial charge on any atom is 0.331 e. The predicted octanol–water partition coefficient (Wildman–Crippen LogP) is 6.88. The summed E-state index contributed by atoms with van der Waals surface area (Å²) < 4.78 is 15.8. The van der Waals surface area contributed by atoms with E-state index in [1.165, 1.54) is 0 Å². The first kappa shape index (κ1) is 32.4. The fraction of sp³-hybridized carbons (Fsp3) is 0.893. The second kappa shape index (κ2) is 20.8. The third-order valence-corrected chi connectivity index (χ3v) is 5.72. The lowest BCUT2D eigenvalue weighted by Crippen LogP contribution is -2.36. The van der Waals surface area contributed by atoms with Crippen molar-refractivity contribution in [1.29, 1.82) is 0 Å². The summed E-state index contributed by atoms with van der Waals surface area (Å²) in [7, 11) is 0. The Morgan fingerprint density at radius 3 is 0.941 bits per heavy atom. The highest BCUT2D eigenvalue weighted by Gasteiger charge is 2.38. The lowest BCUT2D eigenvalue weighted by atomic mass is 10.1. The Labute approximate surface area is 208 Å². The zero-order chi connectivity index (χ0) is 25.8. The van der Waals surface area contributed by atoms with E-state index in [1.54, 1.807) is 0 Å². The van der Waals surface area contributed by atoms with Crippen LogP contribution in [0.3, 0.4) is 0 Å². The first-order valence-electron chi connectivity index (χ1n) is 13.6. The van der Waals surface area contributed by atoms with Crippen molar-refractivity contribution >= 4 is 17.9 Å². The van der Waals surface area contributed by atoms with E-state index >= 15 is 0 Å². The van der Waals surface area contributed by atoms with Gasteiger partial charge in [-0.2, -0.15) is 0 Å². The van der Waals surface area contributed by atoms with E-state index in [1.807, 2.05) is 0 Å². The molecule has 0 bridgehead atoms. The van der Waals surface area contributed by atoms with Crippen LogP contribution >= 0.6 is 0 Å². The number of esters is 3. The predicted molar refractivity (Wildman–Crippen MR) is 136 cm³/mol. The molecule has 0 amide bonds. The van der Waals surface area contributed by atoms with Crippen LogP contribution in [0.2, 0.25) is 0 Å². The van der Waals surface area contributed by atoms with Crippen molar-refractivity contribution in [3.05, 3.63) is 0 Å². The fourth-order valence-electron chi connectivity index (χ4n) is 3.55. The van der Waals surface area contributed by atoms with Crippen LogP contribution in [0.25, 0.3) is 0 Å². The molecule has 0 aliphatic carbocycles. The number of hydrogen-bond acceptors (Lipinski definition) is 6. The highest BCUT2D eigenvalue weighted by atomic mass is 16.6. The second-order valence-electron chi connectivity index (χ2n) is 10.7. The SMILES string of the molecule is CC(C)CCCCCOC(=O)C(C(=O)OCCCCCC(C)C)C(=O)OCCCCCC(C)C. The molecular formula is C28H52O6. The maximum absolute atomic E-state index is 12.6. The summed E-state index contributed by atoms with van der Waals surface area (Å²) in [6.07, 6.45) is 11.5. The van der Waals surface area contributed by atoms with Crippen molar-refractivity contribution in [2.45, 2.75) is 119 Å². The molecule has 0 aromatic heterocycles. The van der Waals surface area contributed by atoms with Gasteiger partial charge in [-0.1, -0.05) is 99.3 Å². The zero-order valence-corrected chi connectivity index (χ0v) is 22.9. The quantitative estimate of drug-likeness (QED) is 0.0764. The minimum absolute atomic E-state index is 0.193. The molecule has 0 unspecified atom stereocenters. The monoisotopic (exact) mass is 484 g/mol.